The van der Waals surface area contributed by atoms with Gasteiger partial charge in [0.25, 0.3) is 5.91 Å². The van der Waals surface area contributed by atoms with Gasteiger partial charge in [0.05, 0.1) is 23.7 Å². The van der Waals surface area contributed by atoms with Gasteiger partial charge in [-0.15, -0.1) is 11.8 Å². The molecule has 1 N–H and O–H groups in total. The first-order chi connectivity index (χ1) is 11.6. The van der Waals surface area contributed by atoms with Crippen molar-refractivity contribution < 1.29 is 19.1 Å². The topological polar surface area (TPSA) is 88.4 Å². The van der Waals surface area contributed by atoms with Crippen molar-refractivity contribution in [2.24, 2.45) is 0 Å². The first-order valence-corrected chi connectivity index (χ1v) is 8.99. The first kappa shape index (κ1) is 18.2. The molecule has 1 aliphatic rings. The predicted molar refractivity (Wildman–Crippen MR) is 93.2 cm³/mol. The predicted octanol–water partition coefficient (Wildman–Crippen LogP) is 2.59. The number of thioether (sulfide) groups is 2. The van der Waals surface area contributed by atoms with Gasteiger partial charge in [-0.1, -0.05) is 23.9 Å². The van der Waals surface area contributed by atoms with Crippen LogP contribution in [0, 0.1) is 11.3 Å². The van der Waals surface area contributed by atoms with Gasteiger partial charge in [0.1, 0.15) is 22.8 Å². The lowest BCUT2D eigenvalue weighted by atomic mass is 10.2. The highest BCUT2D eigenvalue weighted by atomic mass is 32.2. The molecule has 2 rings (SSSR count). The van der Waals surface area contributed by atoms with Crippen LogP contribution in [0.5, 0.6) is 5.75 Å². The largest absolute Gasteiger partial charge is 0.497 e. The van der Waals surface area contributed by atoms with Crippen LogP contribution in [0.15, 0.2) is 34.1 Å². The molecule has 0 radical (unpaired) electrons. The molecule has 1 amide bonds. The highest BCUT2D eigenvalue weighted by Gasteiger charge is 2.29. The molecule has 126 valence electrons. The summed E-state index contributed by atoms with van der Waals surface area (Å²) in [5.41, 5.74) is 0.902. The molecule has 1 atom stereocenters. The minimum Gasteiger partial charge on any atom is -0.497 e. The molecular weight excluding hydrogens is 348 g/mol. The molecule has 0 unspecified atom stereocenters. The van der Waals surface area contributed by atoms with Gasteiger partial charge in [0, 0.05) is 0 Å². The van der Waals surface area contributed by atoms with Crippen LogP contribution < -0.4 is 10.1 Å². The Balaban J connectivity index is 2.16. The second-order valence-electron chi connectivity index (χ2n) is 4.61. The second-order valence-corrected chi connectivity index (χ2v) is 6.97. The number of benzene rings is 1. The van der Waals surface area contributed by atoms with Gasteiger partial charge in [-0.3, -0.25) is 9.59 Å². The van der Waals surface area contributed by atoms with E-state index in [0.29, 0.717) is 10.8 Å². The van der Waals surface area contributed by atoms with Gasteiger partial charge in [0.2, 0.25) is 0 Å². The van der Waals surface area contributed by atoms with Crippen LogP contribution >= 0.6 is 23.5 Å². The van der Waals surface area contributed by atoms with Crippen LogP contribution in [0.2, 0.25) is 0 Å². The second kappa shape index (κ2) is 8.66. The molecule has 1 aromatic carbocycles. The Hall–Kier alpha value is -2.11. The van der Waals surface area contributed by atoms with Crippen molar-refractivity contribution >= 4 is 35.4 Å². The summed E-state index contributed by atoms with van der Waals surface area (Å²) in [6, 6.07) is 9.21. The number of carbonyl (C=O) groups is 2. The molecule has 8 heteroatoms. The summed E-state index contributed by atoms with van der Waals surface area (Å²) in [6.07, 6.45) is 0. The van der Waals surface area contributed by atoms with Crippen LogP contribution in [0.3, 0.4) is 0 Å². The molecule has 0 fully saturated rings. The van der Waals surface area contributed by atoms with Crippen molar-refractivity contribution in [1.29, 1.82) is 5.26 Å². The lowest BCUT2D eigenvalue weighted by molar-refractivity contribution is -0.139. The average Bonchev–Trinajstić information content (AvgIpc) is 2.60. The summed E-state index contributed by atoms with van der Waals surface area (Å²) in [7, 11) is 1.58. The summed E-state index contributed by atoms with van der Waals surface area (Å²) in [4.78, 5) is 23.7. The third-order valence-corrected chi connectivity index (χ3v) is 5.61. The van der Waals surface area contributed by atoms with E-state index in [2.05, 4.69) is 5.32 Å². The first-order valence-electron chi connectivity index (χ1n) is 7.13. The van der Waals surface area contributed by atoms with Crippen molar-refractivity contribution in [2.45, 2.75) is 12.3 Å². The fourth-order valence-electron chi connectivity index (χ4n) is 1.94. The highest BCUT2D eigenvalue weighted by Crippen LogP contribution is 2.43. The number of carbonyl (C=O) groups excluding carboxylic acids is 2. The summed E-state index contributed by atoms with van der Waals surface area (Å²) in [5.74, 6) is -0.0383. The quantitative estimate of drug-likeness (QED) is 0.776. The molecule has 0 aliphatic carbocycles. The molecular formula is C16H16N2O4S2. The van der Waals surface area contributed by atoms with Crippen molar-refractivity contribution in [2.75, 3.05) is 19.5 Å². The fraction of sp³-hybridized carbons (Fsp3) is 0.312. The van der Waals surface area contributed by atoms with Crippen LogP contribution in [-0.2, 0) is 14.3 Å². The highest BCUT2D eigenvalue weighted by molar-refractivity contribution is 8.22. The van der Waals surface area contributed by atoms with Gasteiger partial charge in [0.15, 0.2) is 0 Å². The molecule has 1 heterocycles. The van der Waals surface area contributed by atoms with Crippen LogP contribution in [0.4, 0.5) is 0 Å². The maximum atomic E-state index is 12.2. The molecule has 0 bridgehead atoms. The number of nitrogens with zero attached hydrogens (tertiary/aromatic N) is 1. The van der Waals surface area contributed by atoms with E-state index >= 15 is 0 Å². The molecule has 0 spiro atoms. The Morgan fingerprint density at radius 2 is 2.12 bits per heavy atom. The molecule has 24 heavy (non-hydrogen) atoms. The molecule has 1 aromatic rings. The third-order valence-electron chi connectivity index (χ3n) is 3.08. The lowest BCUT2D eigenvalue weighted by Crippen LogP contribution is -2.31. The maximum absolute atomic E-state index is 12.2. The van der Waals surface area contributed by atoms with Crippen molar-refractivity contribution in [3.63, 3.8) is 0 Å². The normalized spacial score (nSPS) is 17.0. The monoisotopic (exact) mass is 364 g/mol. The van der Waals surface area contributed by atoms with Crippen LogP contribution in [0.1, 0.15) is 17.9 Å². The van der Waals surface area contributed by atoms with E-state index in [9.17, 15) is 14.9 Å². The Bertz CT molecular complexity index is 695. The van der Waals surface area contributed by atoms with E-state index < -0.39 is 5.91 Å². The standard InChI is InChI=1S/C16H16N2O4S2/c1-3-22-13(19)9-23-16-12(8-17)14(20)18-15(24-16)10-4-6-11(21-2)7-5-10/h4-7,15H,3,9H2,1-2H3,(H,18,20)/t15-/m0/s1. The van der Waals surface area contributed by atoms with Gasteiger partial charge in [-0.05, 0) is 24.6 Å². The zero-order chi connectivity index (χ0) is 17.5. The summed E-state index contributed by atoms with van der Waals surface area (Å²) < 4.78 is 10.5. The number of nitrogens with one attached hydrogen (secondary N) is 1. The van der Waals surface area contributed by atoms with Crippen molar-refractivity contribution in [3.8, 4) is 11.8 Å². The number of esters is 1. The van der Waals surface area contributed by atoms with E-state index in [4.69, 9.17) is 9.47 Å². The van der Waals surface area contributed by atoms with E-state index in [1.54, 1.807) is 26.2 Å². The summed E-state index contributed by atoms with van der Waals surface area (Å²) >= 11 is 2.48. The minimum absolute atomic E-state index is 0.0269. The number of hydrogen-bond donors (Lipinski definition) is 1. The van der Waals surface area contributed by atoms with Crippen LogP contribution in [-0.4, -0.2) is 31.3 Å². The van der Waals surface area contributed by atoms with Gasteiger partial charge in [-0.25, -0.2) is 0 Å². The zero-order valence-corrected chi connectivity index (χ0v) is 14.8. The zero-order valence-electron chi connectivity index (χ0n) is 13.2. The van der Waals surface area contributed by atoms with Gasteiger partial charge in [-0.2, -0.15) is 5.26 Å². The van der Waals surface area contributed by atoms with Gasteiger partial charge >= 0.3 is 5.97 Å². The lowest BCUT2D eigenvalue weighted by Gasteiger charge is -2.25. The SMILES string of the molecule is CCOC(=O)CSC1=C(C#N)C(=O)N[C@H](c2ccc(OC)cc2)S1. The summed E-state index contributed by atoms with van der Waals surface area (Å²) in [6.45, 7) is 2.02. The Labute approximate surface area is 148 Å². The molecule has 0 aromatic heterocycles. The van der Waals surface area contributed by atoms with Crippen LogP contribution in [0.25, 0.3) is 0 Å². The fourth-order valence-corrected chi connectivity index (χ4v) is 4.22. The van der Waals surface area contributed by atoms with E-state index in [1.807, 2.05) is 18.2 Å². The molecule has 0 saturated heterocycles. The summed E-state index contributed by atoms with van der Waals surface area (Å²) in [5, 5.41) is 11.7. The molecule has 1 aliphatic heterocycles. The number of amides is 1. The number of ether oxygens (including phenoxy) is 2. The average molecular weight is 364 g/mol. The van der Waals surface area contributed by atoms with Gasteiger partial charge < -0.3 is 14.8 Å². The smallest absolute Gasteiger partial charge is 0.316 e. The third kappa shape index (κ3) is 4.46. The van der Waals surface area contributed by atoms with Crippen molar-refractivity contribution in [3.05, 3.63) is 39.6 Å². The van der Waals surface area contributed by atoms with E-state index in [1.165, 1.54) is 11.8 Å². The Kier molecular flexibility index (Phi) is 6.58. The van der Waals surface area contributed by atoms with Crippen molar-refractivity contribution in [1.82, 2.24) is 5.32 Å². The maximum Gasteiger partial charge on any atom is 0.316 e. The Morgan fingerprint density at radius 1 is 1.42 bits per heavy atom. The van der Waals surface area contributed by atoms with E-state index in [0.717, 1.165) is 23.1 Å². The minimum atomic E-state index is -0.441. The number of nitriles is 1. The molecule has 6 nitrogen and oxygen atoms in total. The Morgan fingerprint density at radius 3 is 2.71 bits per heavy atom. The number of hydrogen-bond acceptors (Lipinski definition) is 7. The van der Waals surface area contributed by atoms with E-state index in [-0.39, 0.29) is 22.7 Å². The number of methoxy groups -OCH3 is 1. The number of rotatable bonds is 6. The molecule has 0 saturated carbocycles.